The Morgan fingerprint density at radius 2 is 1.81 bits per heavy atom. The highest BCUT2D eigenvalue weighted by Crippen LogP contribution is 2.25. The van der Waals surface area contributed by atoms with Crippen LogP contribution in [0.1, 0.15) is 46.5 Å². The molecule has 3 rings (SSSR count). The second kappa shape index (κ2) is 8.48. The van der Waals surface area contributed by atoms with E-state index in [1.807, 2.05) is 38.1 Å². The molecule has 0 saturated heterocycles. The summed E-state index contributed by atoms with van der Waals surface area (Å²) < 4.78 is 1.73. The van der Waals surface area contributed by atoms with Gasteiger partial charge >= 0.3 is 0 Å². The van der Waals surface area contributed by atoms with E-state index >= 15 is 0 Å². The van der Waals surface area contributed by atoms with Crippen LogP contribution in [0.25, 0.3) is 5.69 Å². The Labute approximate surface area is 164 Å². The van der Waals surface area contributed by atoms with Crippen LogP contribution in [0.3, 0.4) is 0 Å². The Hall–Kier alpha value is -2.47. The largest absolute Gasteiger partial charge is 0.293 e. The van der Waals surface area contributed by atoms with Crippen LogP contribution < -0.4 is 0 Å². The lowest BCUT2D eigenvalue weighted by Gasteiger charge is -2.11. The van der Waals surface area contributed by atoms with Crippen LogP contribution in [0.4, 0.5) is 0 Å². The molecule has 0 aliphatic heterocycles. The smallest absolute Gasteiger partial charge is 0.214 e. The third kappa shape index (κ3) is 4.11. The minimum Gasteiger partial charge on any atom is -0.293 e. The first-order valence-electron chi connectivity index (χ1n) is 9.17. The summed E-state index contributed by atoms with van der Waals surface area (Å²) in [5.74, 6) is 0.425. The lowest BCUT2D eigenvalue weighted by atomic mass is 9.98. The molecule has 0 radical (unpaired) electrons. The van der Waals surface area contributed by atoms with Gasteiger partial charge in [-0.2, -0.15) is 4.68 Å². The second-order valence-electron chi connectivity index (χ2n) is 6.52. The molecule has 3 aromatic rings. The highest BCUT2D eigenvalue weighted by atomic mass is 32.2. The van der Waals surface area contributed by atoms with Crippen molar-refractivity contribution in [3.63, 3.8) is 0 Å². The zero-order chi connectivity index (χ0) is 19.4. The minimum atomic E-state index is 0.114. The van der Waals surface area contributed by atoms with Crippen molar-refractivity contribution in [3.8, 4) is 5.69 Å². The van der Waals surface area contributed by atoms with Gasteiger partial charge in [0.05, 0.1) is 11.4 Å². The molecule has 0 bridgehead atoms. The maximum Gasteiger partial charge on any atom is 0.214 e. The van der Waals surface area contributed by atoms with Gasteiger partial charge in [-0.3, -0.25) is 4.79 Å². The second-order valence-corrected chi connectivity index (χ2v) is 7.47. The minimum absolute atomic E-state index is 0.114. The summed E-state index contributed by atoms with van der Waals surface area (Å²) in [6.07, 6.45) is 1.76. The number of carbonyl (C=O) groups excluding carboxylic acids is 1. The summed E-state index contributed by atoms with van der Waals surface area (Å²) in [6.45, 7) is 8.25. The number of hydrogen-bond donors (Lipinski definition) is 0. The first-order chi connectivity index (χ1) is 13.0. The first-order valence-corrected chi connectivity index (χ1v) is 10.2. The number of benzene rings is 2. The highest BCUT2D eigenvalue weighted by molar-refractivity contribution is 7.99. The molecule has 2 aromatic carbocycles. The van der Waals surface area contributed by atoms with E-state index in [4.69, 9.17) is 0 Å². The van der Waals surface area contributed by atoms with Gasteiger partial charge in [-0.15, -0.1) is 5.10 Å². The maximum atomic E-state index is 12.9. The van der Waals surface area contributed by atoms with E-state index in [-0.39, 0.29) is 5.78 Å². The molecule has 27 heavy (non-hydrogen) atoms. The Morgan fingerprint density at radius 3 is 2.48 bits per heavy atom. The third-order valence-corrected chi connectivity index (χ3v) is 5.61. The van der Waals surface area contributed by atoms with Gasteiger partial charge in [-0.05, 0) is 65.4 Å². The summed E-state index contributed by atoms with van der Waals surface area (Å²) in [6, 6.07) is 12.3. The number of nitrogens with zero attached hydrogens (tertiary/aromatic N) is 4. The van der Waals surface area contributed by atoms with Crippen LogP contribution in [0.2, 0.25) is 0 Å². The molecule has 1 heterocycles. The molecule has 0 fully saturated rings. The average Bonchev–Trinajstić information content (AvgIpc) is 3.13. The van der Waals surface area contributed by atoms with E-state index < -0.39 is 0 Å². The monoisotopic (exact) mass is 380 g/mol. The number of thioether (sulfide) groups is 1. The van der Waals surface area contributed by atoms with E-state index in [9.17, 15) is 4.79 Å². The summed E-state index contributed by atoms with van der Waals surface area (Å²) in [5.41, 5.74) is 6.25. The van der Waals surface area contributed by atoms with Crippen molar-refractivity contribution in [2.75, 3.05) is 5.75 Å². The number of hydrogen-bond acceptors (Lipinski definition) is 5. The summed E-state index contributed by atoms with van der Waals surface area (Å²) in [4.78, 5) is 12.9. The van der Waals surface area contributed by atoms with E-state index in [1.165, 1.54) is 17.3 Å². The summed E-state index contributed by atoms with van der Waals surface area (Å²) in [7, 11) is 0. The summed E-state index contributed by atoms with van der Waals surface area (Å²) >= 11 is 1.38. The molecule has 0 N–H and O–H groups in total. The third-order valence-electron chi connectivity index (χ3n) is 4.69. The topological polar surface area (TPSA) is 60.7 Å². The van der Waals surface area contributed by atoms with E-state index in [0.29, 0.717) is 10.9 Å². The van der Waals surface area contributed by atoms with Crippen molar-refractivity contribution < 1.29 is 4.79 Å². The molecule has 0 saturated carbocycles. The summed E-state index contributed by atoms with van der Waals surface area (Å²) in [5, 5.41) is 12.7. The van der Waals surface area contributed by atoms with Crippen molar-refractivity contribution >= 4 is 17.5 Å². The van der Waals surface area contributed by atoms with Crippen molar-refractivity contribution in [2.45, 2.75) is 45.7 Å². The van der Waals surface area contributed by atoms with Gasteiger partial charge < -0.3 is 0 Å². The fraction of sp³-hybridized carbons (Fsp3) is 0.333. The highest BCUT2D eigenvalue weighted by Gasteiger charge is 2.17. The Morgan fingerprint density at radius 1 is 1.07 bits per heavy atom. The van der Waals surface area contributed by atoms with Crippen LogP contribution in [0, 0.1) is 13.8 Å². The van der Waals surface area contributed by atoms with Crippen LogP contribution >= 0.6 is 11.8 Å². The maximum absolute atomic E-state index is 12.9. The van der Waals surface area contributed by atoms with Gasteiger partial charge in [0.15, 0.2) is 5.78 Å². The normalized spacial score (nSPS) is 11.0. The SMILES string of the molecule is CCc1ccc(CC)c(C(=O)CSc2nnnn2-c2c(C)cccc2C)c1. The average molecular weight is 381 g/mol. The molecule has 0 spiro atoms. The van der Waals surface area contributed by atoms with Gasteiger partial charge in [-0.25, -0.2) is 0 Å². The lowest BCUT2D eigenvalue weighted by Crippen LogP contribution is -2.09. The van der Waals surface area contributed by atoms with Gasteiger partial charge in [0, 0.05) is 5.56 Å². The molecule has 0 aliphatic carbocycles. The first kappa shape index (κ1) is 19.3. The fourth-order valence-electron chi connectivity index (χ4n) is 3.17. The number of ketones is 1. The van der Waals surface area contributed by atoms with E-state index in [2.05, 4.69) is 41.5 Å². The lowest BCUT2D eigenvalue weighted by molar-refractivity contribution is 0.102. The Bertz CT molecular complexity index is 944. The standard InChI is InChI=1S/C21H24N4OS/c1-5-16-10-11-17(6-2)18(12-16)19(26)13-27-21-22-23-24-25(21)20-14(3)8-7-9-15(20)4/h7-12H,5-6,13H2,1-4H3. The molecule has 0 aliphatic rings. The molecular formula is C21H24N4OS. The Balaban J connectivity index is 1.83. The van der Waals surface area contributed by atoms with Crippen molar-refractivity contribution in [3.05, 3.63) is 64.2 Å². The van der Waals surface area contributed by atoms with Crippen LogP contribution in [-0.2, 0) is 12.8 Å². The van der Waals surface area contributed by atoms with E-state index in [1.54, 1.807) is 4.68 Å². The number of carbonyl (C=O) groups is 1. The van der Waals surface area contributed by atoms with Crippen LogP contribution in [0.15, 0.2) is 41.6 Å². The number of aryl methyl sites for hydroxylation is 4. The molecule has 0 amide bonds. The fourth-order valence-corrected chi connectivity index (χ4v) is 3.93. The van der Waals surface area contributed by atoms with Crippen molar-refractivity contribution in [1.29, 1.82) is 0 Å². The molecule has 0 unspecified atom stereocenters. The molecule has 6 heteroatoms. The predicted octanol–water partition coefficient (Wildman–Crippen LogP) is 4.38. The molecule has 1 aromatic heterocycles. The van der Waals surface area contributed by atoms with Crippen molar-refractivity contribution in [2.24, 2.45) is 0 Å². The molecular weight excluding hydrogens is 356 g/mol. The van der Waals surface area contributed by atoms with Gasteiger partial charge in [-0.1, -0.05) is 55.9 Å². The number of rotatable bonds is 7. The quantitative estimate of drug-likeness (QED) is 0.450. The number of aromatic nitrogens is 4. The van der Waals surface area contributed by atoms with Gasteiger partial charge in [0.1, 0.15) is 0 Å². The molecule has 0 atom stereocenters. The molecule has 5 nitrogen and oxygen atoms in total. The van der Waals surface area contributed by atoms with Gasteiger partial charge in [0.2, 0.25) is 5.16 Å². The predicted molar refractivity (Wildman–Crippen MR) is 109 cm³/mol. The van der Waals surface area contributed by atoms with Crippen LogP contribution in [0.5, 0.6) is 0 Å². The molecule has 140 valence electrons. The number of para-hydroxylation sites is 1. The number of tetrazole rings is 1. The Kier molecular flexibility index (Phi) is 6.06. The van der Waals surface area contributed by atoms with E-state index in [0.717, 1.165) is 40.8 Å². The number of Topliss-reactive ketones (excluding diaryl/α,β-unsaturated/α-hetero) is 1. The zero-order valence-electron chi connectivity index (χ0n) is 16.2. The van der Waals surface area contributed by atoms with Gasteiger partial charge in [0.25, 0.3) is 0 Å². The van der Waals surface area contributed by atoms with Crippen molar-refractivity contribution in [1.82, 2.24) is 20.2 Å². The van der Waals surface area contributed by atoms with Crippen LogP contribution in [-0.4, -0.2) is 31.7 Å². The zero-order valence-corrected chi connectivity index (χ0v) is 17.0.